The number of aryl methyl sites for hydroxylation is 1. The predicted molar refractivity (Wildman–Crippen MR) is 91.0 cm³/mol. The number of ketones is 1. The summed E-state index contributed by atoms with van der Waals surface area (Å²) >= 11 is 0. The maximum Gasteiger partial charge on any atom is 0.309 e. The largest absolute Gasteiger partial charge is 0.466 e. The van der Waals surface area contributed by atoms with Gasteiger partial charge in [-0.3, -0.25) is 9.59 Å². The molecule has 0 saturated heterocycles. The lowest BCUT2D eigenvalue weighted by molar-refractivity contribution is -0.146. The summed E-state index contributed by atoms with van der Waals surface area (Å²) in [6.45, 7) is 4.37. The minimum atomic E-state index is -0.185. The second kappa shape index (κ2) is 8.85. The Labute approximate surface area is 139 Å². The standard InChI is InChI=1S/C20H28O3/c1-3-5-7-12-16-18(19(16)20(22)23-4-2)17(21)14-13-15-10-8-6-9-11-15/h6,8-11,16,18-19H,3-5,7,12-14H2,1-2H3/t16-,18-,19+/m0/s1. The van der Waals surface area contributed by atoms with Crippen molar-refractivity contribution >= 4 is 11.8 Å². The van der Waals surface area contributed by atoms with Gasteiger partial charge in [0.1, 0.15) is 5.78 Å². The summed E-state index contributed by atoms with van der Waals surface area (Å²) in [5.41, 5.74) is 1.18. The lowest BCUT2D eigenvalue weighted by Gasteiger charge is -2.02. The topological polar surface area (TPSA) is 43.4 Å². The fourth-order valence-corrected chi connectivity index (χ4v) is 3.44. The van der Waals surface area contributed by atoms with Gasteiger partial charge in [-0.25, -0.2) is 0 Å². The molecule has 0 bridgehead atoms. The molecule has 0 amide bonds. The highest BCUT2D eigenvalue weighted by Gasteiger charge is 2.58. The number of esters is 1. The first-order chi connectivity index (χ1) is 11.2. The van der Waals surface area contributed by atoms with E-state index >= 15 is 0 Å². The van der Waals surface area contributed by atoms with Crippen LogP contribution in [0.2, 0.25) is 0 Å². The molecular weight excluding hydrogens is 288 g/mol. The zero-order valence-corrected chi connectivity index (χ0v) is 14.3. The van der Waals surface area contributed by atoms with Crippen LogP contribution in [0.15, 0.2) is 30.3 Å². The maximum atomic E-state index is 12.5. The third-order valence-corrected chi connectivity index (χ3v) is 4.74. The molecule has 0 spiro atoms. The summed E-state index contributed by atoms with van der Waals surface area (Å²) < 4.78 is 5.15. The fraction of sp³-hybridized carbons (Fsp3) is 0.600. The number of benzene rings is 1. The molecule has 3 atom stereocenters. The highest BCUT2D eigenvalue weighted by Crippen LogP contribution is 2.51. The third-order valence-electron chi connectivity index (χ3n) is 4.74. The zero-order valence-electron chi connectivity index (χ0n) is 14.3. The Bertz CT molecular complexity index is 509. The molecule has 0 N–H and O–H groups in total. The van der Waals surface area contributed by atoms with E-state index in [0.717, 1.165) is 32.1 Å². The minimum absolute atomic E-state index is 0.102. The lowest BCUT2D eigenvalue weighted by Crippen LogP contribution is -2.12. The molecule has 126 valence electrons. The average molecular weight is 316 g/mol. The Morgan fingerprint density at radius 3 is 2.43 bits per heavy atom. The van der Waals surface area contributed by atoms with E-state index in [0.29, 0.717) is 13.0 Å². The Balaban J connectivity index is 1.88. The van der Waals surface area contributed by atoms with Crippen LogP contribution in [0.3, 0.4) is 0 Å². The number of rotatable bonds is 10. The molecule has 1 aromatic carbocycles. The zero-order chi connectivity index (χ0) is 16.7. The van der Waals surface area contributed by atoms with E-state index in [2.05, 4.69) is 6.92 Å². The Morgan fingerprint density at radius 2 is 1.78 bits per heavy atom. The first-order valence-electron chi connectivity index (χ1n) is 8.92. The van der Waals surface area contributed by atoms with Crippen LogP contribution in [0, 0.1) is 17.8 Å². The van der Waals surface area contributed by atoms with E-state index in [1.54, 1.807) is 0 Å². The molecule has 0 aromatic heterocycles. The molecule has 1 aliphatic carbocycles. The number of Topliss-reactive ketones (excluding diaryl/α,β-unsaturated/α-hetero) is 1. The van der Waals surface area contributed by atoms with E-state index in [-0.39, 0.29) is 29.5 Å². The van der Waals surface area contributed by atoms with Crippen LogP contribution in [-0.2, 0) is 20.7 Å². The van der Waals surface area contributed by atoms with Crippen molar-refractivity contribution in [2.75, 3.05) is 6.61 Å². The molecule has 0 heterocycles. The Morgan fingerprint density at radius 1 is 1.04 bits per heavy atom. The lowest BCUT2D eigenvalue weighted by atomic mass is 10.0. The van der Waals surface area contributed by atoms with Gasteiger partial charge in [0.25, 0.3) is 0 Å². The SMILES string of the molecule is CCCCC[C@H]1[C@@H](C(=O)CCc2ccccc2)[C@@H]1C(=O)OCC. The number of ether oxygens (including phenoxy) is 1. The minimum Gasteiger partial charge on any atom is -0.466 e. The number of carbonyl (C=O) groups excluding carboxylic acids is 2. The van der Waals surface area contributed by atoms with Gasteiger partial charge in [0, 0.05) is 12.3 Å². The van der Waals surface area contributed by atoms with Crippen molar-refractivity contribution in [2.24, 2.45) is 17.8 Å². The second-order valence-electron chi connectivity index (χ2n) is 6.42. The summed E-state index contributed by atoms with van der Waals surface area (Å²) in [6, 6.07) is 10.0. The normalized spacial score (nSPS) is 22.6. The summed E-state index contributed by atoms with van der Waals surface area (Å²) in [5, 5.41) is 0. The van der Waals surface area contributed by atoms with E-state index in [4.69, 9.17) is 4.74 Å². The molecular formula is C20H28O3. The Hall–Kier alpha value is -1.64. The Kier molecular flexibility index (Phi) is 6.82. The van der Waals surface area contributed by atoms with Crippen molar-refractivity contribution in [3.63, 3.8) is 0 Å². The van der Waals surface area contributed by atoms with Crippen LogP contribution in [0.1, 0.15) is 51.5 Å². The molecule has 2 rings (SSSR count). The summed E-state index contributed by atoms with van der Waals surface area (Å²) in [7, 11) is 0. The van der Waals surface area contributed by atoms with E-state index in [9.17, 15) is 9.59 Å². The van der Waals surface area contributed by atoms with Crippen LogP contribution in [0.25, 0.3) is 0 Å². The predicted octanol–water partition coefficient (Wildman–Crippen LogP) is 4.19. The highest BCUT2D eigenvalue weighted by atomic mass is 16.5. The molecule has 1 aliphatic rings. The quantitative estimate of drug-likeness (QED) is 0.480. The van der Waals surface area contributed by atoms with Crippen LogP contribution in [-0.4, -0.2) is 18.4 Å². The molecule has 0 unspecified atom stereocenters. The summed E-state index contributed by atoms with van der Waals surface area (Å²) in [5.74, 6) is -0.0194. The number of carbonyl (C=O) groups is 2. The van der Waals surface area contributed by atoms with E-state index in [1.807, 2.05) is 37.3 Å². The van der Waals surface area contributed by atoms with Crippen molar-refractivity contribution in [2.45, 2.75) is 52.4 Å². The van der Waals surface area contributed by atoms with Crippen LogP contribution in [0.4, 0.5) is 0 Å². The second-order valence-corrected chi connectivity index (χ2v) is 6.42. The van der Waals surface area contributed by atoms with Crippen molar-refractivity contribution in [3.05, 3.63) is 35.9 Å². The van der Waals surface area contributed by atoms with Gasteiger partial charge in [0.15, 0.2) is 0 Å². The summed E-state index contributed by atoms with van der Waals surface area (Å²) in [6.07, 6.45) is 5.67. The first kappa shape index (κ1) is 17.7. The molecule has 0 aliphatic heterocycles. The fourth-order valence-electron chi connectivity index (χ4n) is 3.44. The van der Waals surface area contributed by atoms with Crippen LogP contribution >= 0.6 is 0 Å². The molecule has 1 aromatic rings. The smallest absolute Gasteiger partial charge is 0.309 e. The number of hydrogen-bond donors (Lipinski definition) is 0. The van der Waals surface area contributed by atoms with Crippen molar-refractivity contribution in [1.29, 1.82) is 0 Å². The molecule has 1 saturated carbocycles. The van der Waals surface area contributed by atoms with Gasteiger partial charge >= 0.3 is 5.97 Å². The van der Waals surface area contributed by atoms with Crippen LogP contribution in [0.5, 0.6) is 0 Å². The van der Waals surface area contributed by atoms with Gasteiger partial charge in [0.2, 0.25) is 0 Å². The molecule has 23 heavy (non-hydrogen) atoms. The highest BCUT2D eigenvalue weighted by molar-refractivity contribution is 5.92. The molecule has 3 nitrogen and oxygen atoms in total. The number of unbranched alkanes of at least 4 members (excludes halogenated alkanes) is 2. The van der Waals surface area contributed by atoms with Crippen molar-refractivity contribution in [3.8, 4) is 0 Å². The number of hydrogen-bond acceptors (Lipinski definition) is 3. The third kappa shape index (κ3) is 4.92. The van der Waals surface area contributed by atoms with Gasteiger partial charge in [0.05, 0.1) is 12.5 Å². The van der Waals surface area contributed by atoms with Gasteiger partial charge < -0.3 is 4.74 Å². The van der Waals surface area contributed by atoms with Gasteiger partial charge in [-0.2, -0.15) is 0 Å². The molecule has 1 fully saturated rings. The summed E-state index contributed by atoms with van der Waals surface area (Å²) in [4.78, 5) is 24.6. The van der Waals surface area contributed by atoms with Gasteiger partial charge in [-0.15, -0.1) is 0 Å². The van der Waals surface area contributed by atoms with Crippen molar-refractivity contribution in [1.82, 2.24) is 0 Å². The van der Waals surface area contributed by atoms with Gasteiger partial charge in [-0.05, 0) is 31.2 Å². The van der Waals surface area contributed by atoms with E-state index in [1.165, 1.54) is 5.56 Å². The average Bonchev–Trinajstić information content (AvgIpc) is 3.28. The maximum absolute atomic E-state index is 12.5. The van der Waals surface area contributed by atoms with Crippen LogP contribution < -0.4 is 0 Å². The molecule has 0 radical (unpaired) electrons. The van der Waals surface area contributed by atoms with Crippen molar-refractivity contribution < 1.29 is 14.3 Å². The van der Waals surface area contributed by atoms with E-state index < -0.39 is 0 Å². The van der Waals surface area contributed by atoms with Gasteiger partial charge in [-0.1, -0.05) is 56.5 Å². The monoisotopic (exact) mass is 316 g/mol. The molecule has 3 heteroatoms. The first-order valence-corrected chi connectivity index (χ1v) is 8.92.